The molecule has 2 N–H and O–H groups in total. The van der Waals surface area contributed by atoms with Gasteiger partial charge < -0.3 is 15.2 Å². The zero-order valence-corrected chi connectivity index (χ0v) is 14.2. The summed E-state index contributed by atoms with van der Waals surface area (Å²) in [6.07, 6.45) is 0.819. The number of nitrogens with zero attached hydrogens (tertiary/aromatic N) is 1. The Morgan fingerprint density at radius 2 is 1.88 bits per heavy atom. The predicted octanol–water partition coefficient (Wildman–Crippen LogP) is 4.18. The monoisotopic (exact) mass is 336 g/mol. The van der Waals surface area contributed by atoms with Gasteiger partial charge in [-0.3, -0.25) is 4.79 Å². The number of ether oxygens (including phenoxy) is 1. The molecule has 2 aromatic carbocycles. The molecule has 0 spiro atoms. The fourth-order valence-corrected chi connectivity index (χ4v) is 2.61. The Labute approximate surface area is 146 Å². The predicted molar refractivity (Wildman–Crippen MR) is 97.3 cm³/mol. The Hall–Kier alpha value is -3.08. The first-order valence-corrected chi connectivity index (χ1v) is 8.24. The second-order valence-electron chi connectivity index (χ2n) is 5.77. The van der Waals surface area contributed by atoms with Crippen LogP contribution in [0.5, 0.6) is 17.2 Å². The molecule has 0 aliphatic rings. The van der Waals surface area contributed by atoms with E-state index < -0.39 is 0 Å². The third-order valence-corrected chi connectivity index (χ3v) is 3.87. The molecule has 1 amide bonds. The number of aromatic nitrogens is 1. The second kappa shape index (κ2) is 7.21. The number of pyridine rings is 1. The molecule has 0 saturated heterocycles. The normalized spacial score (nSPS) is 10.6. The van der Waals surface area contributed by atoms with Crippen molar-refractivity contribution >= 4 is 16.7 Å². The van der Waals surface area contributed by atoms with Crippen molar-refractivity contribution in [3.63, 3.8) is 0 Å². The lowest BCUT2D eigenvalue weighted by Crippen LogP contribution is -2.25. The van der Waals surface area contributed by atoms with E-state index in [1.807, 2.05) is 50.2 Å². The molecule has 0 unspecified atom stereocenters. The summed E-state index contributed by atoms with van der Waals surface area (Å²) in [5.41, 5.74) is 0.711. The molecule has 3 aromatic rings. The first kappa shape index (κ1) is 16.8. The molecule has 25 heavy (non-hydrogen) atoms. The maximum absolute atomic E-state index is 12.2. The lowest BCUT2D eigenvalue weighted by molar-refractivity contribution is 0.0946. The average molecular weight is 336 g/mol. The second-order valence-corrected chi connectivity index (χ2v) is 5.77. The summed E-state index contributed by atoms with van der Waals surface area (Å²) < 4.78 is 5.82. The van der Waals surface area contributed by atoms with Gasteiger partial charge >= 0.3 is 0 Å². The van der Waals surface area contributed by atoms with E-state index in [1.165, 1.54) is 0 Å². The summed E-state index contributed by atoms with van der Waals surface area (Å²) in [5, 5.41) is 14.5. The minimum absolute atomic E-state index is 0.0511. The molecular weight excluding hydrogens is 316 g/mol. The van der Waals surface area contributed by atoms with Crippen molar-refractivity contribution in [3.8, 4) is 17.2 Å². The van der Waals surface area contributed by atoms with Gasteiger partial charge in [0.25, 0.3) is 5.91 Å². The van der Waals surface area contributed by atoms with E-state index >= 15 is 0 Å². The van der Waals surface area contributed by atoms with Crippen molar-refractivity contribution < 1.29 is 14.6 Å². The summed E-state index contributed by atoms with van der Waals surface area (Å²) in [7, 11) is 0. The van der Waals surface area contributed by atoms with E-state index in [0.29, 0.717) is 23.4 Å². The van der Waals surface area contributed by atoms with Gasteiger partial charge in [-0.2, -0.15) is 0 Å². The number of hydrogen-bond donors (Lipinski definition) is 2. The molecule has 0 aliphatic heterocycles. The average Bonchev–Trinajstić information content (AvgIpc) is 2.63. The van der Waals surface area contributed by atoms with E-state index in [4.69, 9.17) is 4.74 Å². The van der Waals surface area contributed by atoms with Crippen LogP contribution in [0.2, 0.25) is 0 Å². The Bertz CT molecular complexity index is 908. The molecule has 0 saturated carbocycles. The highest BCUT2D eigenvalue weighted by Gasteiger charge is 2.17. The van der Waals surface area contributed by atoms with Gasteiger partial charge in [0.2, 0.25) is 0 Å². The number of carbonyl (C=O) groups excluding carboxylic acids is 1. The van der Waals surface area contributed by atoms with Crippen LogP contribution in [-0.2, 0) is 0 Å². The number of rotatable bonds is 5. The smallest absolute Gasteiger partial charge is 0.273 e. The Morgan fingerprint density at radius 1 is 1.12 bits per heavy atom. The van der Waals surface area contributed by atoms with Gasteiger partial charge in [-0.1, -0.05) is 25.1 Å². The number of aromatic hydroxyl groups is 1. The number of aryl methyl sites for hydroxylation is 1. The summed E-state index contributed by atoms with van der Waals surface area (Å²) in [6, 6.07) is 14.8. The molecule has 5 nitrogen and oxygen atoms in total. The highest BCUT2D eigenvalue weighted by Crippen LogP contribution is 2.33. The highest BCUT2D eigenvalue weighted by molar-refractivity contribution is 6.02. The molecule has 1 heterocycles. The lowest BCUT2D eigenvalue weighted by Gasteiger charge is -2.12. The number of fused-ring (bicyclic) bond motifs is 1. The summed E-state index contributed by atoms with van der Waals surface area (Å²) >= 11 is 0. The Kier molecular flexibility index (Phi) is 4.84. The number of amides is 1. The first-order valence-electron chi connectivity index (χ1n) is 8.24. The minimum Gasteiger partial charge on any atom is -0.505 e. The molecule has 128 valence electrons. The quantitative estimate of drug-likeness (QED) is 0.733. The van der Waals surface area contributed by atoms with Crippen LogP contribution in [0.3, 0.4) is 0 Å². The van der Waals surface area contributed by atoms with Gasteiger partial charge in [0.15, 0.2) is 11.4 Å². The van der Waals surface area contributed by atoms with Crippen LogP contribution in [0, 0.1) is 6.92 Å². The molecule has 0 radical (unpaired) electrons. The van der Waals surface area contributed by atoms with E-state index in [0.717, 1.165) is 17.6 Å². The molecule has 0 bridgehead atoms. The minimum atomic E-state index is -0.367. The molecule has 0 atom stereocenters. The van der Waals surface area contributed by atoms with Crippen LogP contribution in [0.25, 0.3) is 10.8 Å². The van der Waals surface area contributed by atoms with Crippen LogP contribution in [0.15, 0.2) is 48.5 Å². The molecular formula is C20H20N2O3. The van der Waals surface area contributed by atoms with Crippen LogP contribution < -0.4 is 10.1 Å². The largest absolute Gasteiger partial charge is 0.505 e. The molecule has 0 fully saturated rings. The van der Waals surface area contributed by atoms with Gasteiger partial charge in [-0.05, 0) is 43.7 Å². The van der Waals surface area contributed by atoms with E-state index in [1.54, 1.807) is 12.1 Å². The molecule has 3 rings (SSSR count). The van der Waals surface area contributed by atoms with Crippen molar-refractivity contribution in [1.82, 2.24) is 10.3 Å². The van der Waals surface area contributed by atoms with Crippen molar-refractivity contribution in [2.75, 3.05) is 6.54 Å². The third-order valence-electron chi connectivity index (χ3n) is 3.87. The van der Waals surface area contributed by atoms with Crippen LogP contribution in [0.1, 0.15) is 29.5 Å². The molecule has 1 aromatic heterocycles. The lowest BCUT2D eigenvalue weighted by atomic mass is 10.1. The summed E-state index contributed by atoms with van der Waals surface area (Å²) in [4.78, 5) is 16.5. The van der Waals surface area contributed by atoms with Crippen LogP contribution in [0.4, 0.5) is 0 Å². The van der Waals surface area contributed by atoms with E-state index in [-0.39, 0.29) is 17.4 Å². The van der Waals surface area contributed by atoms with Crippen molar-refractivity contribution in [2.24, 2.45) is 0 Å². The number of benzene rings is 2. The van der Waals surface area contributed by atoms with E-state index in [9.17, 15) is 9.90 Å². The standard InChI is InChI=1S/C20H20N2O3/c1-3-11-21-20(24)18-19(23)16-10-9-15(12-17(16)13(2)22-18)25-14-7-5-4-6-8-14/h4-10,12,23H,3,11H2,1-2H3,(H,21,24). The zero-order valence-electron chi connectivity index (χ0n) is 14.2. The van der Waals surface area contributed by atoms with E-state index in [2.05, 4.69) is 10.3 Å². The number of nitrogens with one attached hydrogen (secondary N) is 1. The Morgan fingerprint density at radius 3 is 2.60 bits per heavy atom. The number of hydrogen-bond acceptors (Lipinski definition) is 4. The molecule has 5 heteroatoms. The van der Waals surface area contributed by atoms with Crippen LogP contribution >= 0.6 is 0 Å². The maximum atomic E-state index is 12.2. The Balaban J connectivity index is 1.98. The summed E-state index contributed by atoms with van der Waals surface area (Å²) in [5.74, 6) is 0.896. The van der Waals surface area contributed by atoms with Gasteiger partial charge in [0.1, 0.15) is 11.5 Å². The fourth-order valence-electron chi connectivity index (χ4n) is 2.61. The number of para-hydroxylation sites is 1. The third kappa shape index (κ3) is 3.55. The van der Waals surface area contributed by atoms with Gasteiger partial charge in [-0.25, -0.2) is 4.98 Å². The fraction of sp³-hybridized carbons (Fsp3) is 0.200. The SMILES string of the molecule is CCCNC(=O)c1nc(C)c2cc(Oc3ccccc3)ccc2c1O. The van der Waals surface area contributed by atoms with Gasteiger partial charge in [-0.15, -0.1) is 0 Å². The zero-order chi connectivity index (χ0) is 17.8. The number of carbonyl (C=O) groups is 1. The van der Waals surface area contributed by atoms with Crippen LogP contribution in [-0.4, -0.2) is 22.5 Å². The maximum Gasteiger partial charge on any atom is 0.273 e. The van der Waals surface area contributed by atoms with Crippen molar-refractivity contribution in [1.29, 1.82) is 0 Å². The van der Waals surface area contributed by atoms with Gasteiger partial charge in [0, 0.05) is 23.0 Å². The highest BCUT2D eigenvalue weighted by atomic mass is 16.5. The summed E-state index contributed by atoms with van der Waals surface area (Å²) in [6.45, 7) is 4.32. The van der Waals surface area contributed by atoms with Crippen molar-refractivity contribution in [2.45, 2.75) is 20.3 Å². The van der Waals surface area contributed by atoms with Gasteiger partial charge in [0.05, 0.1) is 0 Å². The molecule has 0 aliphatic carbocycles. The topological polar surface area (TPSA) is 71.5 Å². The first-order chi connectivity index (χ1) is 12.1. The van der Waals surface area contributed by atoms with Crippen molar-refractivity contribution in [3.05, 3.63) is 59.9 Å².